The van der Waals surface area contributed by atoms with Crippen LogP contribution in [0.3, 0.4) is 0 Å². The van der Waals surface area contributed by atoms with E-state index in [0.29, 0.717) is 5.25 Å². The van der Waals surface area contributed by atoms with Gasteiger partial charge in [0.1, 0.15) is 0 Å². The van der Waals surface area contributed by atoms with Crippen molar-refractivity contribution in [3.63, 3.8) is 0 Å². The van der Waals surface area contributed by atoms with E-state index in [9.17, 15) is 8.42 Å². The van der Waals surface area contributed by atoms with Crippen molar-refractivity contribution in [3.05, 3.63) is 67.4 Å². The maximum atomic E-state index is 13.1. The molecule has 7 heteroatoms. The van der Waals surface area contributed by atoms with Crippen LogP contribution in [0.5, 0.6) is 0 Å². The van der Waals surface area contributed by atoms with Gasteiger partial charge in [0.25, 0.3) is 10.0 Å². The lowest BCUT2D eigenvalue weighted by Gasteiger charge is -2.08. The van der Waals surface area contributed by atoms with Crippen molar-refractivity contribution in [1.29, 1.82) is 0 Å². The number of benzene rings is 1. The third kappa shape index (κ3) is 3.72. The first-order chi connectivity index (χ1) is 13.9. The van der Waals surface area contributed by atoms with Crippen molar-refractivity contribution in [1.82, 2.24) is 13.5 Å². The number of rotatable bonds is 6. The van der Waals surface area contributed by atoms with Gasteiger partial charge in [-0.15, -0.1) is 11.8 Å². The monoisotopic (exact) mass is 425 g/mol. The number of hydrogen-bond acceptors (Lipinski definition) is 4. The molecule has 0 spiro atoms. The van der Waals surface area contributed by atoms with Crippen molar-refractivity contribution >= 4 is 32.7 Å². The van der Waals surface area contributed by atoms with Gasteiger partial charge < -0.3 is 4.57 Å². The lowest BCUT2D eigenvalue weighted by molar-refractivity contribution is 0.587. The predicted molar refractivity (Wildman–Crippen MR) is 119 cm³/mol. The maximum absolute atomic E-state index is 13.1. The molecule has 0 aliphatic heterocycles. The Balaban J connectivity index is 1.70. The third-order valence-electron chi connectivity index (χ3n) is 4.77. The fourth-order valence-electron chi connectivity index (χ4n) is 3.40. The smallest absolute Gasteiger partial charge is 0.267 e. The summed E-state index contributed by atoms with van der Waals surface area (Å²) in [5, 5.41) is 1.51. The Hall–Kier alpha value is -2.51. The van der Waals surface area contributed by atoms with Gasteiger partial charge in [-0.25, -0.2) is 12.4 Å². The second-order valence-corrected chi connectivity index (χ2v) is 10.6. The largest absolute Gasteiger partial charge is 0.346 e. The van der Waals surface area contributed by atoms with Gasteiger partial charge in [-0.1, -0.05) is 13.8 Å². The fraction of sp³-hybridized carbons (Fsp3) is 0.227. The van der Waals surface area contributed by atoms with E-state index in [1.54, 1.807) is 42.5 Å². The van der Waals surface area contributed by atoms with E-state index in [4.69, 9.17) is 0 Å². The zero-order valence-corrected chi connectivity index (χ0v) is 18.2. The van der Waals surface area contributed by atoms with E-state index in [1.165, 1.54) is 3.97 Å². The summed E-state index contributed by atoms with van der Waals surface area (Å²) in [4.78, 5) is 5.56. The zero-order valence-electron chi connectivity index (χ0n) is 16.6. The Labute approximate surface area is 175 Å². The Morgan fingerprint density at radius 1 is 1.07 bits per heavy atom. The van der Waals surface area contributed by atoms with Crippen LogP contribution >= 0.6 is 11.8 Å². The molecule has 3 aromatic heterocycles. The van der Waals surface area contributed by atoms with Crippen LogP contribution in [0.1, 0.15) is 20.8 Å². The van der Waals surface area contributed by atoms with E-state index in [2.05, 4.69) is 36.5 Å². The minimum absolute atomic E-state index is 0.285. The normalized spacial score (nSPS) is 12.1. The number of pyridine rings is 1. The predicted octanol–water partition coefficient (Wildman–Crippen LogP) is 5.26. The van der Waals surface area contributed by atoms with Crippen LogP contribution < -0.4 is 0 Å². The van der Waals surface area contributed by atoms with Gasteiger partial charge in [0.2, 0.25) is 0 Å². The highest BCUT2D eigenvalue weighted by molar-refractivity contribution is 7.99. The van der Waals surface area contributed by atoms with E-state index < -0.39 is 10.0 Å². The topological polar surface area (TPSA) is 56.9 Å². The number of aryl methyl sites for hydroxylation is 1. The van der Waals surface area contributed by atoms with E-state index in [-0.39, 0.29) is 4.90 Å². The van der Waals surface area contributed by atoms with Crippen LogP contribution in [0.4, 0.5) is 0 Å². The molecular weight excluding hydrogens is 402 g/mol. The van der Waals surface area contributed by atoms with Crippen molar-refractivity contribution in [2.45, 2.75) is 42.4 Å². The van der Waals surface area contributed by atoms with Crippen molar-refractivity contribution in [2.75, 3.05) is 0 Å². The molecule has 0 fully saturated rings. The molecule has 0 aliphatic carbocycles. The van der Waals surface area contributed by atoms with Gasteiger partial charge in [0.05, 0.1) is 16.6 Å². The molecule has 0 atom stereocenters. The summed E-state index contributed by atoms with van der Waals surface area (Å²) < 4.78 is 29.6. The summed E-state index contributed by atoms with van der Waals surface area (Å²) in [6, 6.07) is 10.9. The lowest BCUT2D eigenvalue weighted by Crippen LogP contribution is -2.10. The molecule has 0 bridgehead atoms. The molecule has 1 aromatic carbocycles. The minimum atomic E-state index is -3.64. The van der Waals surface area contributed by atoms with Gasteiger partial charge in [-0.05, 0) is 43.3 Å². The summed E-state index contributed by atoms with van der Waals surface area (Å²) in [5.41, 5.74) is 2.91. The highest BCUT2D eigenvalue weighted by atomic mass is 32.2. The number of aromatic nitrogens is 3. The summed E-state index contributed by atoms with van der Waals surface area (Å²) >= 11 is 1.71. The van der Waals surface area contributed by atoms with Crippen molar-refractivity contribution in [3.8, 4) is 11.1 Å². The van der Waals surface area contributed by atoms with Gasteiger partial charge in [-0.2, -0.15) is 0 Å². The van der Waals surface area contributed by atoms with Gasteiger partial charge in [0.15, 0.2) is 0 Å². The summed E-state index contributed by atoms with van der Waals surface area (Å²) in [7, 11) is -3.64. The van der Waals surface area contributed by atoms with Crippen LogP contribution in [0, 0.1) is 0 Å². The first kappa shape index (κ1) is 19.8. The number of hydrogen-bond donors (Lipinski definition) is 0. The van der Waals surface area contributed by atoms with Crippen LogP contribution in [-0.4, -0.2) is 27.2 Å². The molecule has 0 unspecified atom stereocenters. The van der Waals surface area contributed by atoms with E-state index in [1.807, 2.05) is 30.5 Å². The molecule has 0 aliphatic rings. The lowest BCUT2D eigenvalue weighted by atomic mass is 10.1. The minimum Gasteiger partial charge on any atom is -0.346 e. The van der Waals surface area contributed by atoms with Gasteiger partial charge in [-0.3, -0.25) is 4.98 Å². The number of thioether (sulfide) groups is 1. The molecule has 0 amide bonds. The third-order valence-corrected chi connectivity index (χ3v) is 7.44. The van der Waals surface area contributed by atoms with Crippen molar-refractivity contribution in [2.24, 2.45) is 0 Å². The molecule has 4 rings (SSSR count). The second-order valence-electron chi connectivity index (χ2n) is 7.09. The number of fused-ring (bicyclic) bond motifs is 1. The molecule has 29 heavy (non-hydrogen) atoms. The van der Waals surface area contributed by atoms with Gasteiger partial charge in [0, 0.05) is 58.0 Å². The van der Waals surface area contributed by atoms with E-state index >= 15 is 0 Å². The van der Waals surface area contributed by atoms with Crippen LogP contribution in [-0.2, 0) is 16.6 Å². The number of nitrogens with zero attached hydrogens (tertiary/aromatic N) is 3. The van der Waals surface area contributed by atoms with Crippen LogP contribution in [0.2, 0.25) is 0 Å². The first-order valence-electron chi connectivity index (χ1n) is 9.53. The molecule has 0 N–H and O–H groups in total. The summed E-state index contributed by atoms with van der Waals surface area (Å²) in [5.74, 6) is 0. The summed E-state index contributed by atoms with van der Waals surface area (Å²) in [6.45, 7) is 7.12. The van der Waals surface area contributed by atoms with Gasteiger partial charge >= 0.3 is 0 Å². The highest BCUT2D eigenvalue weighted by Crippen LogP contribution is 2.31. The molecule has 0 saturated heterocycles. The van der Waals surface area contributed by atoms with Crippen LogP contribution in [0.25, 0.3) is 22.0 Å². The standard InChI is InChI=1S/C22H23N3O2S2/c1-4-24-15-21(20-9-11-23-13-22(20)24)17-10-12-25(14-17)29(26,27)19-7-5-18(6-8-19)28-16(2)3/h5-16H,4H2,1-3H3. The highest BCUT2D eigenvalue weighted by Gasteiger charge is 2.18. The molecule has 4 aromatic rings. The maximum Gasteiger partial charge on any atom is 0.267 e. The average Bonchev–Trinajstić information content (AvgIpc) is 3.33. The Morgan fingerprint density at radius 3 is 2.52 bits per heavy atom. The summed E-state index contributed by atoms with van der Waals surface area (Å²) in [6.07, 6.45) is 8.94. The first-order valence-corrected chi connectivity index (χ1v) is 11.9. The molecule has 3 heterocycles. The molecule has 150 valence electrons. The average molecular weight is 426 g/mol. The Morgan fingerprint density at radius 2 is 1.83 bits per heavy atom. The Kier molecular flexibility index (Phi) is 5.27. The molecule has 0 saturated carbocycles. The molecule has 5 nitrogen and oxygen atoms in total. The van der Waals surface area contributed by atoms with Crippen molar-refractivity contribution < 1.29 is 8.42 Å². The SMILES string of the molecule is CCn1cc(-c2ccn(S(=O)(=O)c3ccc(SC(C)C)cc3)c2)c2ccncc21. The zero-order chi connectivity index (χ0) is 20.6. The molecule has 0 radical (unpaired) electrons. The second kappa shape index (κ2) is 7.72. The van der Waals surface area contributed by atoms with E-state index in [0.717, 1.165) is 33.5 Å². The quantitative estimate of drug-likeness (QED) is 0.395. The van der Waals surface area contributed by atoms with Crippen LogP contribution in [0.15, 0.2) is 77.2 Å². The fourth-order valence-corrected chi connectivity index (χ4v) is 5.43. The molecular formula is C22H23N3O2S2. The Bertz CT molecular complexity index is 1250.